The van der Waals surface area contributed by atoms with Gasteiger partial charge in [-0.3, -0.25) is 4.79 Å². The molecule has 98 valence electrons. The van der Waals surface area contributed by atoms with Crippen LogP contribution < -0.4 is 0 Å². The molecule has 0 aliphatic heterocycles. The fourth-order valence-electron chi connectivity index (χ4n) is 3.03. The monoisotopic (exact) mass is 239 g/mol. The minimum Gasteiger partial charge on any atom is -0.462 e. The van der Waals surface area contributed by atoms with E-state index in [2.05, 4.69) is 20.8 Å². The molecule has 0 aromatic rings. The van der Waals surface area contributed by atoms with Crippen molar-refractivity contribution in [2.24, 2.45) is 23.7 Å². The molecule has 0 heterocycles. The van der Waals surface area contributed by atoms with Crippen molar-refractivity contribution >= 4 is 5.97 Å². The lowest BCUT2D eigenvalue weighted by Gasteiger charge is -2.38. The number of rotatable bonds is 3. The van der Waals surface area contributed by atoms with E-state index >= 15 is 0 Å². The van der Waals surface area contributed by atoms with Crippen LogP contribution in [0.15, 0.2) is 0 Å². The van der Waals surface area contributed by atoms with Crippen LogP contribution in [0.25, 0.3) is 0 Å². The second-order valence-corrected chi connectivity index (χ2v) is 6.22. The van der Waals surface area contributed by atoms with E-state index in [9.17, 15) is 4.79 Å². The van der Waals surface area contributed by atoms with Crippen LogP contribution in [0.3, 0.4) is 0 Å². The molecular weight excluding hydrogens is 212 g/mol. The highest BCUT2D eigenvalue weighted by atomic mass is 16.5. The molecule has 0 saturated heterocycles. The minimum absolute atomic E-state index is 0.0917. The standard InChI is InChI=1S/C15H26O2/c1-10(2)13-8-7-11(3)9-14(13)17-15(16)12-5-4-6-12/h10-14H,4-9H2,1-3H3/t11-,13+,14-/m1/s1/i5D/t5?,11-,12?,13+,14-. The van der Waals surface area contributed by atoms with E-state index in [1.807, 2.05) is 0 Å². The summed E-state index contributed by atoms with van der Waals surface area (Å²) >= 11 is 0. The highest BCUT2D eigenvalue weighted by Crippen LogP contribution is 2.37. The Balaban J connectivity index is 1.93. The molecule has 2 nitrogen and oxygen atoms in total. The van der Waals surface area contributed by atoms with Gasteiger partial charge in [0.15, 0.2) is 0 Å². The summed E-state index contributed by atoms with van der Waals surface area (Å²) in [5, 5.41) is 0. The topological polar surface area (TPSA) is 26.3 Å². The maximum absolute atomic E-state index is 12.0. The van der Waals surface area contributed by atoms with Gasteiger partial charge < -0.3 is 4.74 Å². The molecule has 2 unspecified atom stereocenters. The summed E-state index contributed by atoms with van der Waals surface area (Å²) in [7, 11) is 0. The van der Waals surface area contributed by atoms with Crippen molar-refractivity contribution in [1.82, 2.24) is 0 Å². The van der Waals surface area contributed by atoms with Crippen LogP contribution in [0.5, 0.6) is 0 Å². The molecule has 2 heteroatoms. The van der Waals surface area contributed by atoms with E-state index in [0.29, 0.717) is 17.8 Å². The number of carbonyl (C=O) groups excluding carboxylic acids is 1. The van der Waals surface area contributed by atoms with Crippen molar-refractivity contribution in [2.75, 3.05) is 0 Å². The maximum atomic E-state index is 12.0. The fourth-order valence-corrected chi connectivity index (χ4v) is 3.03. The Labute approximate surface area is 107 Å². The molecule has 2 saturated carbocycles. The van der Waals surface area contributed by atoms with E-state index in [-0.39, 0.29) is 24.4 Å². The Morgan fingerprint density at radius 3 is 2.65 bits per heavy atom. The SMILES string of the molecule is [2H]C1CCC1C(=O)O[C@@H]1C[C@H](C)CC[C@H]1C(C)C. The fraction of sp³-hybridized carbons (Fsp3) is 0.933. The van der Waals surface area contributed by atoms with Gasteiger partial charge in [-0.15, -0.1) is 0 Å². The van der Waals surface area contributed by atoms with Gasteiger partial charge in [-0.2, -0.15) is 0 Å². The molecule has 2 aliphatic carbocycles. The Hall–Kier alpha value is -0.530. The normalized spacial score (nSPS) is 42.8. The van der Waals surface area contributed by atoms with E-state index in [1.54, 1.807) is 0 Å². The van der Waals surface area contributed by atoms with Crippen LogP contribution in [-0.4, -0.2) is 12.1 Å². The largest absolute Gasteiger partial charge is 0.462 e. The first kappa shape index (κ1) is 11.6. The lowest BCUT2D eigenvalue weighted by atomic mass is 9.75. The third kappa shape index (κ3) is 3.02. The molecule has 0 bridgehead atoms. The molecule has 0 amide bonds. The number of carbonyl (C=O) groups is 1. The molecule has 0 N–H and O–H groups in total. The van der Waals surface area contributed by atoms with Gasteiger partial charge in [0, 0.05) is 1.37 Å². The number of ether oxygens (including phenoxy) is 1. The first-order valence-corrected chi connectivity index (χ1v) is 7.11. The lowest BCUT2D eigenvalue weighted by Crippen LogP contribution is -2.38. The average molecular weight is 239 g/mol. The molecule has 0 spiro atoms. The smallest absolute Gasteiger partial charge is 0.309 e. The van der Waals surface area contributed by atoms with Crippen molar-refractivity contribution in [3.8, 4) is 0 Å². The second-order valence-electron chi connectivity index (χ2n) is 6.22. The zero-order valence-electron chi connectivity index (χ0n) is 12.3. The van der Waals surface area contributed by atoms with Crippen molar-refractivity contribution < 1.29 is 10.9 Å². The lowest BCUT2D eigenvalue weighted by molar-refractivity contribution is -0.163. The molecule has 0 aromatic carbocycles. The highest BCUT2D eigenvalue weighted by molar-refractivity contribution is 5.73. The van der Waals surface area contributed by atoms with E-state index < -0.39 is 0 Å². The summed E-state index contributed by atoms with van der Waals surface area (Å²) in [4.78, 5) is 12.0. The summed E-state index contributed by atoms with van der Waals surface area (Å²) in [6.07, 6.45) is 5.01. The van der Waals surface area contributed by atoms with Gasteiger partial charge in [-0.1, -0.05) is 33.6 Å². The predicted molar refractivity (Wildman–Crippen MR) is 68.6 cm³/mol. The van der Waals surface area contributed by atoms with Crippen molar-refractivity contribution in [1.29, 1.82) is 0 Å². The Morgan fingerprint density at radius 1 is 1.35 bits per heavy atom. The average Bonchev–Trinajstić information content (AvgIpc) is 2.26. The summed E-state index contributed by atoms with van der Waals surface area (Å²) in [6, 6.07) is 0. The van der Waals surface area contributed by atoms with Crippen LogP contribution in [-0.2, 0) is 9.53 Å². The second kappa shape index (κ2) is 5.41. The van der Waals surface area contributed by atoms with Crippen LogP contribution in [0.4, 0.5) is 0 Å². The van der Waals surface area contributed by atoms with Crippen LogP contribution in [0.2, 0.25) is 0 Å². The zero-order chi connectivity index (χ0) is 13.3. The molecule has 0 radical (unpaired) electrons. The summed E-state index contributed by atoms with van der Waals surface area (Å²) in [5.74, 6) is 1.49. The van der Waals surface area contributed by atoms with E-state index in [1.165, 1.54) is 12.8 Å². The van der Waals surface area contributed by atoms with Crippen molar-refractivity contribution in [3.05, 3.63) is 0 Å². The Kier molecular flexibility index (Phi) is 3.68. The van der Waals surface area contributed by atoms with Crippen LogP contribution in [0, 0.1) is 23.7 Å². The van der Waals surface area contributed by atoms with Gasteiger partial charge >= 0.3 is 5.97 Å². The minimum atomic E-state index is -0.212. The molecular formula is C15H26O2. The summed E-state index contributed by atoms with van der Waals surface area (Å²) < 4.78 is 13.4. The quantitative estimate of drug-likeness (QED) is 0.700. The van der Waals surface area contributed by atoms with Gasteiger partial charge in [0.1, 0.15) is 6.10 Å². The van der Waals surface area contributed by atoms with Gasteiger partial charge in [0.25, 0.3) is 0 Å². The summed E-state index contributed by atoms with van der Waals surface area (Å²) in [6.45, 7) is 6.68. The first-order valence-electron chi connectivity index (χ1n) is 7.69. The van der Waals surface area contributed by atoms with Gasteiger partial charge in [-0.25, -0.2) is 0 Å². The highest BCUT2D eigenvalue weighted by Gasteiger charge is 2.36. The van der Waals surface area contributed by atoms with Crippen LogP contribution in [0.1, 0.15) is 60.6 Å². The summed E-state index contributed by atoms with van der Waals surface area (Å²) in [5.41, 5.74) is 0. The first-order chi connectivity index (χ1) is 8.49. The van der Waals surface area contributed by atoms with Crippen LogP contribution >= 0.6 is 0 Å². The maximum Gasteiger partial charge on any atom is 0.309 e. The molecule has 17 heavy (non-hydrogen) atoms. The third-order valence-electron chi connectivity index (χ3n) is 4.46. The predicted octanol–water partition coefficient (Wildman–Crippen LogP) is 3.79. The van der Waals surface area contributed by atoms with E-state index in [0.717, 1.165) is 19.3 Å². The zero-order valence-corrected chi connectivity index (χ0v) is 11.3. The number of esters is 1. The van der Waals surface area contributed by atoms with Gasteiger partial charge in [0.05, 0.1) is 5.92 Å². The van der Waals surface area contributed by atoms with Gasteiger partial charge in [0.2, 0.25) is 0 Å². The molecule has 0 aromatic heterocycles. The molecule has 2 aliphatic rings. The molecule has 2 fully saturated rings. The van der Waals surface area contributed by atoms with E-state index in [4.69, 9.17) is 6.11 Å². The molecule has 2 rings (SSSR count). The number of hydrogen-bond donors (Lipinski definition) is 0. The Bertz CT molecular complexity index is 303. The Morgan fingerprint density at radius 2 is 2.12 bits per heavy atom. The molecule has 5 atom stereocenters. The van der Waals surface area contributed by atoms with Crippen molar-refractivity contribution in [3.63, 3.8) is 0 Å². The van der Waals surface area contributed by atoms with Crippen molar-refractivity contribution in [2.45, 2.75) is 65.4 Å². The third-order valence-corrected chi connectivity index (χ3v) is 4.46. The number of hydrogen-bond acceptors (Lipinski definition) is 2. The van der Waals surface area contributed by atoms with Gasteiger partial charge in [-0.05, 0) is 43.4 Å².